The zero-order chi connectivity index (χ0) is 17.2. The van der Waals surface area contributed by atoms with Gasteiger partial charge in [0.15, 0.2) is 0 Å². The van der Waals surface area contributed by atoms with Crippen LogP contribution in [0.3, 0.4) is 0 Å². The Kier molecular flexibility index (Phi) is 5.30. The minimum Gasteiger partial charge on any atom is -0.465 e. The fourth-order valence-corrected chi connectivity index (χ4v) is 4.02. The Bertz CT molecular complexity index is 539. The summed E-state index contributed by atoms with van der Waals surface area (Å²) < 4.78 is 10.2. The number of ether oxygens (including phenoxy) is 2. The number of hydrogen-bond acceptors (Lipinski definition) is 8. The zero-order valence-electron chi connectivity index (χ0n) is 13.1. The number of β-lactam (4-membered cyclic amide) rings is 1. The third kappa shape index (κ3) is 3.50. The first kappa shape index (κ1) is 17.7. The van der Waals surface area contributed by atoms with Crippen molar-refractivity contribution in [2.24, 2.45) is 11.1 Å². The highest BCUT2D eigenvalue weighted by Gasteiger charge is 2.56. The average Bonchev–Trinajstić information content (AvgIpc) is 2.51. The van der Waals surface area contributed by atoms with E-state index in [0.717, 1.165) is 0 Å². The molecule has 2 unspecified atom stereocenters. The van der Waals surface area contributed by atoms with Crippen LogP contribution in [0.5, 0.6) is 0 Å². The number of thioether (sulfide) groups is 1. The Morgan fingerprint density at radius 1 is 1.39 bits per heavy atom. The van der Waals surface area contributed by atoms with E-state index in [0.29, 0.717) is 5.75 Å². The molecule has 0 radical (unpaired) electrons. The van der Waals surface area contributed by atoms with Crippen molar-refractivity contribution < 1.29 is 28.7 Å². The van der Waals surface area contributed by atoms with Crippen LogP contribution < -0.4 is 5.73 Å². The zero-order valence-corrected chi connectivity index (χ0v) is 13.9. The van der Waals surface area contributed by atoms with Gasteiger partial charge < -0.3 is 20.1 Å². The monoisotopic (exact) mass is 344 g/mol. The second-order valence-corrected chi connectivity index (χ2v) is 6.84. The first-order valence-electron chi connectivity index (χ1n) is 7.30. The molecule has 128 valence electrons. The molecule has 0 aromatic rings. The molecule has 23 heavy (non-hydrogen) atoms. The lowest BCUT2D eigenvalue weighted by Crippen LogP contribution is -2.72. The molecule has 2 rings (SSSR count). The fraction of sp³-hybridized carbons (Fsp3) is 0.714. The number of rotatable bonds is 6. The van der Waals surface area contributed by atoms with E-state index < -0.39 is 23.4 Å². The SMILES string of the molecule is CCOC(=O)C1(COC(=O)CC(C)=O)CS[C@@H]2C(N)C(=O)N2C1. The van der Waals surface area contributed by atoms with Crippen molar-refractivity contribution in [2.45, 2.75) is 31.7 Å². The van der Waals surface area contributed by atoms with Crippen LogP contribution in [0.25, 0.3) is 0 Å². The lowest BCUT2D eigenvalue weighted by Gasteiger charge is -2.52. The van der Waals surface area contributed by atoms with Crippen LogP contribution in [0.2, 0.25) is 0 Å². The Morgan fingerprint density at radius 3 is 2.70 bits per heavy atom. The molecule has 9 heteroatoms. The minimum atomic E-state index is -1.13. The first-order chi connectivity index (χ1) is 10.8. The predicted octanol–water partition coefficient (Wildman–Crippen LogP) is -0.699. The van der Waals surface area contributed by atoms with Gasteiger partial charge >= 0.3 is 11.9 Å². The van der Waals surface area contributed by atoms with Gasteiger partial charge in [-0.25, -0.2) is 0 Å². The smallest absolute Gasteiger partial charge is 0.318 e. The number of carbonyl (C=O) groups excluding carboxylic acids is 4. The van der Waals surface area contributed by atoms with Crippen LogP contribution in [0.15, 0.2) is 0 Å². The lowest BCUT2D eigenvalue weighted by molar-refractivity contribution is -0.168. The largest absolute Gasteiger partial charge is 0.465 e. The number of Topliss-reactive ketones (excluding diaryl/α,β-unsaturated/α-hetero) is 1. The van der Waals surface area contributed by atoms with Crippen LogP contribution in [0.4, 0.5) is 0 Å². The van der Waals surface area contributed by atoms with E-state index in [2.05, 4.69) is 0 Å². The van der Waals surface area contributed by atoms with Crippen molar-refractivity contribution in [3.63, 3.8) is 0 Å². The summed E-state index contributed by atoms with van der Waals surface area (Å²) in [5, 5.41) is -0.155. The normalized spacial score (nSPS) is 29.3. The van der Waals surface area contributed by atoms with E-state index in [9.17, 15) is 19.2 Å². The average molecular weight is 344 g/mol. The highest BCUT2D eigenvalue weighted by molar-refractivity contribution is 8.00. The van der Waals surface area contributed by atoms with Gasteiger partial charge in [-0.2, -0.15) is 0 Å². The second-order valence-electron chi connectivity index (χ2n) is 5.73. The molecule has 2 saturated heterocycles. The number of fused-ring (bicyclic) bond motifs is 1. The van der Waals surface area contributed by atoms with Gasteiger partial charge in [0.2, 0.25) is 5.91 Å². The standard InChI is InChI=1S/C14H20N2O6S/c1-3-21-13(20)14(6-22-9(18)4-8(2)17)5-16-11(19)10(15)12(16)23-7-14/h10,12H,3-7,15H2,1-2H3/t10?,12-,14?/m1/s1. The maximum Gasteiger partial charge on any atom is 0.318 e. The van der Waals surface area contributed by atoms with E-state index in [-0.39, 0.29) is 43.2 Å². The highest BCUT2D eigenvalue weighted by atomic mass is 32.2. The van der Waals surface area contributed by atoms with Crippen molar-refractivity contribution in [2.75, 3.05) is 25.5 Å². The molecule has 0 aromatic carbocycles. The van der Waals surface area contributed by atoms with Gasteiger partial charge in [-0.05, 0) is 13.8 Å². The number of ketones is 1. The van der Waals surface area contributed by atoms with Gasteiger partial charge in [-0.1, -0.05) is 0 Å². The Balaban J connectivity index is 2.08. The number of esters is 2. The van der Waals surface area contributed by atoms with E-state index in [1.54, 1.807) is 6.92 Å². The summed E-state index contributed by atoms with van der Waals surface area (Å²) in [4.78, 5) is 48.2. The minimum absolute atomic E-state index is 0.101. The Labute approximate surface area is 138 Å². The quantitative estimate of drug-likeness (QED) is 0.382. The number of hydrogen-bond donors (Lipinski definition) is 1. The number of nitrogens with two attached hydrogens (primary N) is 1. The second kappa shape index (κ2) is 6.88. The number of nitrogens with zero attached hydrogens (tertiary/aromatic N) is 1. The van der Waals surface area contributed by atoms with Gasteiger partial charge in [0.25, 0.3) is 0 Å². The fourth-order valence-electron chi connectivity index (χ4n) is 2.56. The molecule has 0 bridgehead atoms. The van der Waals surface area contributed by atoms with Crippen molar-refractivity contribution >= 4 is 35.4 Å². The van der Waals surface area contributed by atoms with Gasteiger partial charge in [-0.15, -0.1) is 11.8 Å². The van der Waals surface area contributed by atoms with Crippen LogP contribution in [0, 0.1) is 5.41 Å². The molecule has 1 amide bonds. The van der Waals surface area contributed by atoms with Crippen LogP contribution in [0.1, 0.15) is 20.3 Å². The number of amides is 1. The van der Waals surface area contributed by atoms with Gasteiger partial charge in [-0.3, -0.25) is 19.2 Å². The summed E-state index contributed by atoms with van der Waals surface area (Å²) >= 11 is 1.37. The van der Waals surface area contributed by atoms with E-state index in [1.807, 2.05) is 0 Å². The molecule has 8 nitrogen and oxygen atoms in total. The third-order valence-corrected chi connectivity index (χ3v) is 5.41. The van der Waals surface area contributed by atoms with Crippen LogP contribution in [-0.2, 0) is 28.7 Å². The van der Waals surface area contributed by atoms with Gasteiger partial charge in [0.05, 0.1) is 6.61 Å². The maximum atomic E-state index is 12.4. The molecule has 0 aromatic heterocycles. The van der Waals surface area contributed by atoms with E-state index in [1.165, 1.54) is 23.6 Å². The van der Waals surface area contributed by atoms with Crippen LogP contribution >= 0.6 is 11.8 Å². The summed E-state index contributed by atoms with van der Waals surface area (Å²) in [6.45, 7) is 3.02. The summed E-state index contributed by atoms with van der Waals surface area (Å²) in [6, 6.07) is -0.555. The van der Waals surface area contributed by atoms with E-state index >= 15 is 0 Å². The molecule has 2 N–H and O–H groups in total. The van der Waals surface area contributed by atoms with Gasteiger partial charge in [0, 0.05) is 12.3 Å². The van der Waals surface area contributed by atoms with E-state index in [4.69, 9.17) is 15.2 Å². The summed E-state index contributed by atoms with van der Waals surface area (Å²) in [7, 11) is 0. The Hall–Kier alpha value is -1.61. The molecule has 2 fully saturated rings. The van der Waals surface area contributed by atoms with Crippen molar-refractivity contribution in [3.8, 4) is 0 Å². The molecule has 0 aliphatic carbocycles. The van der Waals surface area contributed by atoms with Crippen molar-refractivity contribution in [1.82, 2.24) is 4.90 Å². The van der Waals surface area contributed by atoms with Crippen molar-refractivity contribution in [1.29, 1.82) is 0 Å². The molecular weight excluding hydrogens is 324 g/mol. The third-order valence-electron chi connectivity index (χ3n) is 3.80. The molecule has 2 heterocycles. The topological polar surface area (TPSA) is 116 Å². The predicted molar refractivity (Wildman–Crippen MR) is 81.3 cm³/mol. The van der Waals surface area contributed by atoms with Crippen LogP contribution in [-0.4, -0.2) is 65.5 Å². The molecule has 2 aliphatic heterocycles. The highest BCUT2D eigenvalue weighted by Crippen LogP contribution is 2.42. The molecular formula is C14H20N2O6S. The summed E-state index contributed by atoms with van der Waals surface area (Å²) in [5.41, 5.74) is 4.60. The molecule has 0 saturated carbocycles. The number of carbonyl (C=O) groups is 4. The molecule has 0 spiro atoms. The first-order valence-corrected chi connectivity index (χ1v) is 8.35. The lowest BCUT2D eigenvalue weighted by atomic mass is 9.88. The van der Waals surface area contributed by atoms with Gasteiger partial charge in [0.1, 0.15) is 35.6 Å². The molecule has 3 atom stereocenters. The summed E-state index contributed by atoms with van der Waals surface area (Å²) in [6.07, 6.45) is -0.345. The summed E-state index contributed by atoms with van der Waals surface area (Å²) in [5.74, 6) is -1.43. The van der Waals surface area contributed by atoms with Crippen molar-refractivity contribution in [3.05, 3.63) is 0 Å². The molecule has 2 aliphatic rings. The Morgan fingerprint density at radius 2 is 2.09 bits per heavy atom. The maximum absolute atomic E-state index is 12.4.